The van der Waals surface area contributed by atoms with Crippen LogP contribution in [0.1, 0.15) is 31.7 Å². The topological polar surface area (TPSA) is 66.4 Å². The molecule has 0 saturated heterocycles. The molecule has 2 aromatic carbocycles. The van der Waals surface area contributed by atoms with Crippen LogP contribution in [0.3, 0.4) is 0 Å². The molecule has 1 aliphatic rings. The van der Waals surface area contributed by atoms with Crippen molar-refractivity contribution in [3.63, 3.8) is 0 Å². The van der Waals surface area contributed by atoms with E-state index in [4.69, 9.17) is 5.11 Å². The van der Waals surface area contributed by atoms with E-state index in [-0.39, 0.29) is 24.3 Å². The maximum atomic E-state index is 12.3. The largest absolute Gasteiger partial charge is 0.481 e. The third-order valence-corrected chi connectivity index (χ3v) is 4.63. The van der Waals surface area contributed by atoms with Gasteiger partial charge in [0.2, 0.25) is 5.91 Å². The molecule has 2 unspecified atom stereocenters. The molecule has 0 aromatic heterocycles. The summed E-state index contributed by atoms with van der Waals surface area (Å²) in [5.74, 6) is -0.768. The number of nitrogens with one attached hydrogen (secondary N) is 1. The lowest BCUT2D eigenvalue weighted by Gasteiger charge is -2.19. The van der Waals surface area contributed by atoms with Gasteiger partial charge < -0.3 is 10.4 Å². The van der Waals surface area contributed by atoms with Crippen molar-refractivity contribution in [1.82, 2.24) is 5.32 Å². The molecule has 1 aliphatic carbocycles. The van der Waals surface area contributed by atoms with Crippen LogP contribution in [0.25, 0.3) is 10.8 Å². The molecule has 3 rings (SSSR count). The fourth-order valence-electron chi connectivity index (χ4n) is 2.92. The summed E-state index contributed by atoms with van der Waals surface area (Å²) >= 11 is 0. The van der Waals surface area contributed by atoms with Gasteiger partial charge in [-0.2, -0.15) is 0 Å². The second kappa shape index (κ2) is 5.69. The molecular weight excluding hydrogens is 290 g/mol. The van der Waals surface area contributed by atoms with Crippen LogP contribution in [0.4, 0.5) is 0 Å². The van der Waals surface area contributed by atoms with E-state index in [0.717, 1.165) is 6.42 Å². The Morgan fingerprint density at radius 3 is 2.61 bits per heavy atom. The molecule has 1 amide bonds. The van der Waals surface area contributed by atoms with Gasteiger partial charge >= 0.3 is 5.97 Å². The lowest BCUT2D eigenvalue weighted by atomic mass is 9.94. The number of carboxylic acid groups (broad SMARTS) is 1. The molecule has 2 atom stereocenters. The van der Waals surface area contributed by atoms with Crippen molar-refractivity contribution in [2.24, 2.45) is 11.3 Å². The van der Waals surface area contributed by atoms with Gasteiger partial charge in [-0.25, -0.2) is 0 Å². The van der Waals surface area contributed by atoms with Gasteiger partial charge in [0.05, 0.1) is 5.41 Å². The quantitative estimate of drug-likeness (QED) is 0.891. The number of hydrogen-bond donors (Lipinski definition) is 2. The highest BCUT2D eigenvalue weighted by Crippen LogP contribution is 2.49. The van der Waals surface area contributed by atoms with E-state index >= 15 is 0 Å². The average Bonchev–Trinajstić information content (AvgIpc) is 3.32. The Balaban J connectivity index is 1.69. The molecule has 4 heteroatoms. The molecule has 23 heavy (non-hydrogen) atoms. The molecule has 120 valence electrons. The van der Waals surface area contributed by atoms with Crippen LogP contribution in [0.15, 0.2) is 42.5 Å². The van der Waals surface area contributed by atoms with Crippen molar-refractivity contribution < 1.29 is 14.7 Å². The van der Waals surface area contributed by atoms with Crippen molar-refractivity contribution in [2.45, 2.75) is 26.2 Å². The molecule has 2 N–H and O–H groups in total. The zero-order valence-corrected chi connectivity index (χ0v) is 13.4. The summed E-state index contributed by atoms with van der Waals surface area (Å²) in [4.78, 5) is 23.4. The summed E-state index contributed by atoms with van der Waals surface area (Å²) < 4.78 is 0. The van der Waals surface area contributed by atoms with E-state index in [9.17, 15) is 9.59 Å². The second-order valence-corrected chi connectivity index (χ2v) is 6.92. The number of benzene rings is 2. The third-order valence-electron chi connectivity index (χ3n) is 4.63. The van der Waals surface area contributed by atoms with E-state index in [2.05, 4.69) is 29.6 Å². The van der Waals surface area contributed by atoms with Gasteiger partial charge in [-0.15, -0.1) is 0 Å². The van der Waals surface area contributed by atoms with E-state index in [0.29, 0.717) is 0 Å². The van der Waals surface area contributed by atoms with Gasteiger partial charge in [0.25, 0.3) is 0 Å². The Labute approximate surface area is 135 Å². The van der Waals surface area contributed by atoms with E-state index < -0.39 is 11.4 Å². The summed E-state index contributed by atoms with van der Waals surface area (Å²) in [7, 11) is 0. The Morgan fingerprint density at radius 2 is 1.87 bits per heavy atom. The first-order valence-corrected chi connectivity index (χ1v) is 7.89. The minimum atomic E-state index is -0.945. The highest BCUT2D eigenvalue weighted by Gasteiger charge is 2.45. The molecule has 4 nitrogen and oxygen atoms in total. The van der Waals surface area contributed by atoms with Crippen molar-refractivity contribution >= 4 is 22.6 Å². The number of fused-ring (bicyclic) bond motifs is 1. The molecular formula is C19H21NO3. The Hall–Kier alpha value is -2.36. The van der Waals surface area contributed by atoms with Gasteiger partial charge in [0, 0.05) is 12.5 Å². The molecule has 0 aliphatic heterocycles. The molecule has 1 fully saturated rings. The first-order valence-electron chi connectivity index (χ1n) is 7.89. The van der Waals surface area contributed by atoms with Crippen molar-refractivity contribution in [2.75, 3.05) is 6.54 Å². The number of carbonyl (C=O) groups excluding carboxylic acids is 1. The zero-order valence-electron chi connectivity index (χ0n) is 13.4. The first kappa shape index (κ1) is 15.5. The molecule has 0 radical (unpaired) electrons. The number of carboxylic acids is 1. The molecule has 0 spiro atoms. The van der Waals surface area contributed by atoms with Gasteiger partial charge in [-0.1, -0.05) is 42.5 Å². The Bertz CT molecular complexity index is 761. The number of aliphatic carboxylic acids is 1. The highest BCUT2D eigenvalue weighted by molar-refractivity contribution is 5.89. The number of rotatable bonds is 5. The lowest BCUT2D eigenvalue weighted by Crippen LogP contribution is -2.39. The van der Waals surface area contributed by atoms with Gasteiger partial charge in [0.1, 0.15) is 0 Å². The van der Waals surface area contributed by atoms with Gasteiger partial charge in [-0.3, -0.25) is 9.59 Å². The number of hydrogen-bond acceptors (Lipinski definition) is 2. The molecule has 0 heterocycles. The minimum absolute atomic E-state index is 0.0442. The van der Waals surface area contributed by atoms with Crippen LogP contribution in [-0.4, -0.2) is 23.5 Å². The smallest absolute Gasteiger partial charge is 0.310 e. The summed E-state index contributed by atoms with van der Waals surface area (Å²) in [6.07, 6.45) is 0.827. The molecule has 2 aromatic rings. The van der Waals surface area contributed by atoms with Crippen LogP contribution in [0.2, 0.25) is 0 Å². The predicted octanol–water partition coefficient (Wildman–Crippen LogP) is 3.17. The third kappa shape index (κ3) is 3.07. The lowest BCUT2D eigenvalue weighted by molar-refractivity contribution is -0.146. The average molecular weight is 311 g/mol. The van der Waals surface area contributed by atoms with Crippen LogP contribution in [0.5, 0.6) is 0 Å². The maximum absolute atomic E-state index is 12.3. The summed E-state index contributed by atoms with van der Waals surface area (Å²) in [6, 6.07) is 14.4. The van der Waals surface area contributed by atoms with E-state index in [1.54, 1.807) is 13.8 Å². The highest BCUT2D eigenvalue weighted by atomic mass is 16.4. The van der Waals surface area contributed by atoms with Crippen LogP contribution < -0.4 is 5.32 Å². The van der Waals surface area contributed by atoms with Gasteiger partial charge in [-0.05, 0) is 42.5 Å². The summed E-state index contributed by atoms with van der Waals surface area (Å²) in [5, 5.41) is 14.3. The van der Waals surface area contributed by atoms with Crippen molar-refractivity contribution in [1.29, 1.82) is 0 Å². The van der Waals surface area contributed by atoms with Gasteiger partial charge in [0.15, 0.2) is 0 Å². The number of amides is 1. The number of carbonyl (C=O) groups is 2. The maximum Gasteiger partial charge on any atom is 0.310 e. The summed E-state index contributed by atoms with van der Waals surface area (Å²) in [6.45, 7) is 3.38. The first-order chi connectivity index (χ1) is 10.9. The van der Waals surface area contributed by atoms with Crippen LogP contribution in [-0.2, 0) is 9.59 Å². The Kier molecular flexibility index (Phi) is 3.84. The zero-order chi connectivity index (χ0) is 16.6. The van der Waals surface area contributed by atoms with E-state index in [1.807, 2.05) is 18.2 Å². The summed E-state index contributed by atoms with van der Waals surface area (Å²) in [5.41, 5.74) is 0.264. The SMILES string of the molecule is CC(C)(CNC(=O)C1CC1c1cccc2ccccc12)C(=O)O. The van der Waals surface area contributed by atoms with Crippen molar-refractivity contribution in [3.05, 3.63) is 48.0 Å². The fourth-order valence-corrected chi connectivity index (χ4v) is 2.92. The van der Waals surface area contributed by atoms with Crippen molar-refractivity contribution in [3.8, 4) is 0 Å². The molecule has 0 bridgehead atoms. The minimum Gasteiger partial charge on any atom is -0.481 e. The van der Waals surface area contributed by atoms with E-state index in [1.165, 1.54) is 16.3 Å². The van der Waals surface area contributed by atoms with Crippen LogP contribution in [0, 0.1) is 11.3 Å². The predicted molar refractivity (Wildman–Crippen MR) is 89.2 cm³/mol. The standard InChI is InChI=1S/C19H21NO3/c1-19(2,18(22)23)11-20-17(21)16-10-15(16)14-9-5-7-12-6-3-4-8-13(12)14/h3-9,15-16H,10-11H2,1-2H3,(H,20,21)(H,22,23). The monoisotopic (exact) mass is 311 g/mol. The second-order valence-electron chi connectivity index (χ2n) is 6.92. The Morgan fingerprint density at radius 1 is 1.17 bits per heavy atom. The molecule has 1 saturated carbocycles. The fraction of sp³-hybridized carbons (Fsp3) is 0.368. The van der Waals surface area contributed by atoms with Crippen LogP contribution >= 0.6 is 0 Å². The normalized spacial score (nSPS) is 20.3.